The minimum Gasteiger partial charge on any atom is -0.478 e. The first kappa shape index (κ1) is 20.1. The number of carbonyl (C=O) groups is 2. The molecule has 2 aromatic carbocycles. The minimum absolute atomic E-state index is 0.0462. The summed E-state index contributed by atoms with van der Waals surface area (Å²) in [6.07, 6.45) is 0. The van der Waals surface area contributed by atoms with Crippen LogP contribution in [-0.2, 0) is 11.3 Å². The van der Waals surface area contributed by atoms with Crippen molar-refractivity contribution in [3.8, 4) is 0 Å². The van der Waals surface area contributed by atoms with Gasteiger partial charge in [-0.25, -0.2) is 9.78 Å². The molecule has 4 rings (SSSR count). The van der Waals surface area contributed by atoms with E-state index in [1.54, 1.807) is 6.07 Å². The van der Waals surface area contributed by atoms with Crippen LogP contribution in [0.1, 0.15) is 17.3 Å². The number of aromatic carboxylic acids is 1. The minimum atomic E-state index is -1.16. The highest BCUT2D eigenvalue weighted by Crippen LogP contribution is 2.27. The third-order valence-corrected chi connectivity index (χ3v) is 5.65. The Bertz CT molecular complexity index is 1290. The first-order valence-corrected chi connectivity index (χ1v) is 10.4. The van der Waals surface area contributed by atoms with E-state index in [-0.39, 0.29) is 22.2 Å². The molecular formula is C20H16ClN5O3S. The number of carbonyl (C=O) groups excluding carboxylic acids is 1. The quantitative estimate of drug-likeness (QED) is 0.434. The Balaban J connectivity index is 1.51. The molecule has 0 spiro atoms. The molecule has 0 saturated heterocycles. The van der Waals surface area contributed by atoms with E-state index in [1.807, 2.05) is 31.2 Å². The molecule has 30 heavy (non-hydrogen) atoms. The SMILES string of the molecule is CCn1c2ccccc2c2nnc(SCC(=O)Nc3ccc(Cl)c(C(=O)O)c3)nc21. The molecule has 0 aliphatic rings. The number of nitrogens with zero attached hydrogens (tertiary/aromatic N) is 4. The highest BCUT2D eigenvalue weighted by Gasteiger charge is 2.15. The molecule has 8 nitrogen and oxygen atoms in total. The van der Waals surface area contributed by atoms with E-state index in [2.05, 4.69) is 25.1 Å². The van der Waals surface area contributed by atoms with Crippen LogP contribution in [-0.4, -0.2) is 42.5 Å². The summed E-state index contributed by atoms with van der Waals surface area (Å²) in [5, 5.41) is 21.7. The van der Waals surface area contributed by atoms with Gasteiger partial charge in [0, 0.05) is 17.6 Å². The lowest BCUT2D eigenvalue weighted by molar-refractivity contribution is -0.113. The average Bonchev–Trinajstić information content (AvgIpc) is 3.06. The van der Waals surface area contributed by atoms with Crippen molar-refractivity contribution >= 4 is 63.0 Å². The maximum Gasteiger partial charge on any atom is 0.337 e. The van der Waals surface area contributed by atoms with Crippen molar-refractivity contribution in [2.75, 3.05) is 11.1 Å². The Hall–Kier alpha value is -3.17. The molecule has 2 heterocycles. The highest BCUT2D eigenvalue weighted by atomic mass is 35.5. The van der Waals surface area contributed by atoms with Crippen molar-refractivity contribution < 1.29 is 14.7 Å². The van der Waals surface area contributed by atoms with E-state index in [9.17, 15) is 9.59 Å². The second-order valence-electron chi connectivity index (χ2n) is 6.36. The van der Waals surface area contributed by atoms with Crippen LogP contribution in [0.3, 0.4) is 0 Å². The fourth-order valence-corrected chi connectivity index (χ4v) is 3.94. The number of hydrogen-bond acceptors (Lipinski definition) is 6. The van der Waals surface area contributed by atoms with Gasteiger partial charge >= 0.3 is 5.97 Å². The topological polar surface area (TPSA) is 110 Å². The van der Waals surface area contributed by atoms with Gasteiger partial charge in [0.05, 0.1) is 21.9 Å². The van der Waals surface area contributed by atoms with Crippen molar-refractivity contribution in [2.45, 2.75) is 18.6 Å². The monoisotopic (exact) mass is 441 g/mol. The van der Waals surface area contributed by atoms with Gasteiger partial charge < -0.3 is 15.0 Å². The molecule has 1 amide bonds. The van der Waals surface area contributed by atoms with Crippen LogP contribution in [0.25, 0.3) is 22.1 Å². The normalized spacial score (nSPS) is 11.1. The second-order valence-corrected chi connectivity index (χ2v) is 7.71. The molecule has 0 aliphatic carbocycles. The Labute approximate surface area is 180 Å². The summed E-state index contributed by atoms with van der Waals surface area (Å²) < 4.78 is 2.06. The Kier molecular flexibility index (Phi) is 5.56. The summed E-state index contributed by atoms with van der Waals surface area (Å²) in [6.45, 7) is 2.77. The second kappa shape index (κ2) is 8.29. The summed E-state index contributed by atoms with van der Waals surface area (Å²) in [5.74, 6) is -1.44. The smallest absolute Gasteiger partial charge is 0.337 e. The molecule has 2 N–H and O–H groups in total. The number of para-hydroxylation sites is 1. The predicted molar refractivity (Wildman–Crippen MR) is 116 cm³/mol. The van der Waals surface area contributed by atoms with Gasteiger partial charge in [-0.3, -0.25) is 4.79 Å². The summed E-state index contributed by atoms with van der Waals surface area (Å²) in [7, 11) is 0. The summed E-state index contributed by atoms with van der Waals surface area (Å²) in [4.78, 5) is 28.0. The lowest BCUT2D eigenvalue weighted by Crippen LogP contribution is -2.15. The van der Waals surface area contributed by atoms with Crippen molar-refractivity contribution in [3.05, 3.63) is 53.1 Å². The van der Waals surface area contributed by atoms with Gasteiger partial charge in [0.2, 0.25) is 11.1 Å². The largest absolute Gasteiger partial charge is 0.478 e. The van der Waals surface area contributed by atoms with Gasteiger partial charge in [-0.2, -0.15) is 0 Å². The summed E-state index contributed by atoms with van der Waals surface area (Å²) >= 11 is 7.00. The number of benzene rings is 2. The molecule has 0 aliphatic heterocycles. The number of anilines is 1. The van der Waals surface area contributed by atoms with Crippen LogP contribution in [0.2, 0.25) is 5.02 Å². The van der Waals surface area contributed by atoms with Gasteiger partial charge in [-0.05, 0) is 31.2 Å². The molecule has 0 fully saturated rings. The third kappa shape index (κ3) is 3.81. The zero-order valence-corrected chi connectivity index (χ0v) is 17.4. The molecule has 0 atom stereocenters. The number of amides is 1. The Morgan fingerprint density at radius 3 is 2.77 bits per heavy atom. The molecule has 0 bridgehead atoms. The maximum absolute atomic E-state index is 12.3. The van der Waals surface area contributed by atoms with Crippen LogP contribution in [0.15, 0.2) is 47.6 Å². The van der Waals surface area contributed by atoms with Gasteiger partial charge in [-0.1, -0.05) is 41.6 Å². The number of aromatic nitrogens is 4. The van der Waals surface area contributed by atoms with Crippen molar-refractivity contribution in [3.63, 3.8) is 0 Å². The fourth-order valence-electron chi connectivity index (χ4n) is 3.16. The highest BCUT2D eigenvalue weighted by molar-refractivity contribution is 7.99. The number of nitrogens with one attached hydrogen (secondary N) is 1. The zero-order chi connectivity index (χ0) is 21.3. The summed E-state index contributed by atoms with van der Waals surface area (Å²) in [6, 6.07) is 12.2. The number of carboxylic acid groups (broad SMARTS) is 1. The number of thioether (sulfide) groups is 1. The fraction of sp³-hybridized carbons (Fsp3) is 0.150. The molecule has 10 heteroatoms. The van der Waals surface area contributed by atoms with E-state index in [0.717, 1.165) is 40.4 Å². The van der Waals surface area contributed by atoms with Crippen LogP contribution in [0.4, 0.5) is 5.69 Å². The Morgan fingerprint density at radius 2 is 2.00 bits per heavy atom. The van der Waals surface area contributed by atoms with E-state index in [0.29, 0.717) is 10.8 Å². The molecule has 152 valence electrons. The number of rotatable bonds is 6. The lowest BCUT2D eigenvalue weighted by atomic mass is 10.2. The van der Waals surface area contributed by atoms with Gasteiger partial charge in [0.15, 0.2) is 5.65 Å². The number of carboxylic acids is 1. The van der Waals surface area contributed by atoms with Crippen LogP contribution in [0, 0.1) is 0 Å². The van der Waals surface area contributed by atoms with Crippen molar-refractivity contribution in [1.82, 2.24) is 19.7 Å². The average molecular weight is 442 g/mol. The standard InChI is InChI=1S/C20H16ClN5O3S/c1-2-26-15-6-4-3-5-12(15)17-18(26)23-20(25-24-17)30-10-16(27)22-11-7-8-14(21)13(9-11)19(28)29/h3-9H,2,10H2,1H3,(H,22,27)(H,28,29). The first-order chi connectivity index (χ1) is 14.5. The zero-order valence-electron chi connectivity index (χ0n) is 15.8. The summed E-state index contributed by atoms with van der Waals surface area (Å²) in [5.41, 5.74) is 2.76. The number of aryl methyl sites for hydroxylation is 1. The number of fused-ring (bicyclic) bond motifs is 3. The van der Waals surface area contributed by atoms with Gasteiger partial charge in [0.1, 0.15) is 5.52 Å². The lowest BCUT2D eigenvalue weighted by Gasteiger charge is -2.07. The van der Waals surface area contributed by atoms with Gasteiger partial charge in [0.25, 0.3) is 0 Å². The molecule has 4 aromatic rings. The number of hydrogen-bond donors (Lipinski definition) is 2. The van der Waals surface area contributed by atoms with E-state index < -0.39 is 5.97 Å². The molecule has 0 saturated carbocycles. The van der Waals surface area contributed by atoms with Gasteiger partial charge in [-0.15, -0.1) is 10.2 Å². The maximum atomic E-state index is 12.3. The molecule has 2 aromatic heterocycles. The van der Waals surface area contributed by atoms with Crippen LogP contribution in [0.5, 0.6) is 0 Å². The molecular weight excluding hydrogens is 426 g/mol. The van der Waals surface area contributed by atoms with E-state index in [4.69, 9.17) is 16.7 Å². The Morgan fingerprint density at radius 1 is 1.20 bits per heavy atom. The number of halogens is 1. The van der Waals surface area contributed by atoms with Crippen LogP contribution >= 0.6 is 23.4 Å². The predicted octanol–water partition coefficient (Wildman–Crippen LogP) is 4.08. The molecule has 0 radical (unpaired) electrons. The third-order valence-electron chi connectivity index (χ3n) is 4.48. The van der Waals surface area contributed by atoms with E-state index in [1.165, 1.54) is 12.1 Å². The van der Waals surface area contributed by atoms with Crippen molar-refractivity contribution in [2.24, 2.45) is 0 Å². The molecule has 0 unspecified atom stereocenters. The van der Waals surface area contributed by atoms with E-state index >= 15 is 0 Å². The van der Waals surface area contributed by atoms with Crippen LogP contribution < -0.4 is 5.32 Å². The van der Waals surface area contributed by atoms with Crippen molar-refractivity contribution in [1.29, 1.82) is 0 Å². The first-order valence-electron chi connectivity index (χ1n) is 9.05.